The van der Waals surface area contributed by atoms with Crippen LogP contribution in [-0.4, -0.2) is 25.7 Å². The molecule has 0 aliphatic heterocycles. The predicted molar refractivity (Wildman–Crippen MR) is 106 cm³/mol. The summed E-state index contributed by atoms with van der Waals surface area (Å²) in [6.07, 6.45) is 1.07. The number of benzene rings is 3. The van der Waals surface area contributed by atoms with Crippen LogP contribution in [0.4, 0.5) is 8.78 Å². The summed E-state index contributed by atoms with van der Waals surface area (Å²) in [7, 11) is -3.42. The molecule has 0 bridgehead atoms. The molecule has 0 aliphatic carbocycles. The van der Waals surface area contributed by atoms with Gasteiger partial charge in [0, 0.05) is 17.9 Å². The molecular formula is C21H17F2NO5S. The van der Waals surface area contributed by atoms with Crippen molar-refractivity contribution in [3.63, 3.8) is 0 Å². The van der Waals surface area contributed by atoms with Crippen molar-refractivity contribution in [3.05, 3.63) is 77.9 Å². The maximum atomic E-state index is 14.0. The van der Waals surface area contributed by atoms with E-state index in [2.05, 4.69) is 0 Å². The maximum Gasteiger partial charge on any atom is 0.325 e. The lowest BCUT2D eigenvalue weighted by molar-refractivity contribution is -0.138. The van der Waals surface area contributed by atoms with E-state index < -0.39 is 33.5 Å². The topological polar surface area (TPSA) is 107 Å². The Morgan fingerprint density at radius 3 is 2.20 bits per heavy atom. The fraction of sp³-hybridized carbons (Fsp3) is 0.0952. The van der Waals surface area contributed by atoms with Gasteiger partial charge in [0.05, 0.1) is 4.90 Å². The molecule has 0 radical (unpaired) electrons. The molecule has 3 aromatic carbocycles. The van der Waals surface area contributed by atoms with Gasteiger partial charge in [-0.25, -0.2) is 17.2 Å². The van der Waals surface area contributed by atoms with Crippen LogP contribution in [0.15, 0.2) is 65.6 Å². The summed E-state index contributed by atoms with van der Waals surface area (Å²) >= 11 is 0. The van der Waals surface area contributed by atoms with E-state index in [-0.39, 0.29) is 22.0 Å². The summed E-state index contributed by atoms with van der Waals surface area (Å²) in [5, 5.41) is 9.18. The number of hydrogen-bond donors (Lipinski definition) is 2. The van der Waals surface area contributed by atoms with Crippen LogP contribution in [-0.2, 0) is 14.6 Å². The second kappa shape index (κ2) is 8.21. The van der Waals surface area contributed by atoms with Gasteiger partial charge in [0.1, 0.15) is 17.6 Å². The van der Waals surface area contributed by atoms with Gasteiger partial charge in [-0.2, -0.15) is 0 Å². The van der Waals surface area contributed by atoms with Crippen LogP contribution >= 0.6 is 0 Å². The molecule has 0 saturated heterocycles. The number of aliphatic carboxylic acids is 1. The van der Waals surface area contributed by atoms with Crippen molar-refractivity contribution in [2.24, 2.45) is 5.73 Å². The van der Waals surface area contributed by atoms with Crippen LogP contribution < -0.4 is 10.5 Å². The van der Waals surface area contributed by atoms with Gasteiger partial charge in [-0.3, -0.25) is 4.79 Å². The zero-order valence-electron chi connectivity index (χ0n) is 15.7. The number of rotatable bonds is 6. The molecule has 0 saturated carbocycles. The molecule has 9 heteroatoms. The first-order chi connectivity index (χ1) is 14.1. The van der Waals surface area contributed by atoms with E-state index in [9.17, 15) is 27.1 Å². The van der Waals surface area contributed by atoms with Crippen LogP contribution in [0.2, 0.25) is 0 Å². The highest BCUT2D eigenvalue weighted by Crippen LogP contribution is 2.36. The lowest BCUT2D eigenvalue weighted by Gasteiger charge is -2.15. The van der Waals surface area contributed by atoms with Crippen molar-refractivity contribution in [1.29, 1.82) is 0 Å². The van der Waals surface area contributed by atoms with E-state index >= 15 is 0 Å². The highest BCUT2D eigenvalue weighted by Gasteiger charge is 2.19. The van der Waals surface area contributed by atoms with Gasteiger partial charge in [-0.15, -0.1) is 0 Å². The minimum atomic E-state index is -3.42. The van der Waals surface area contributed by atoms with Crippen molar-refractivity contribution in [2.45, 2.75) is 10.9 Å². The van der Waals surface area contributed by atoms with E-state index in [1.54, 1.807) is 0 Å². The van der Waals surface area contributed by atoms with E-state index in [1.165, 1.54) is 42.5 Å². The summed E-state index contributed by atoms with van der Waals surface area (Å²) in [6, 6.07) is 11.6. The Hall–Kier alpha value is -3.30. The van der Waals surface area contributed by atoms with Crippen LogP contribution in [0.5, 0.6) is 11.5 Å². The number of nitrogens with two attached hydrogens (primary N) is 1. The molecule has 1 atom stereocenters. The fourth-order valence-corrected chi connectivity index (χ4v) is 3.39. The minimum absolute atomic E-state index is 0.0942. The van der Waals surface area contributed by atoms with Crippen molar-refractivity contribution in [1.82, 2.24) is 0 Å². The molecule has 0 aliphatic rings. The molecule has 3 rings (SSSR count). The largest absolute Gasteiger partial charge is 0.480 e. The fourth-order valence-electron chi connectivity index (χ4n) is 2.76. The molecule has 1 unspecified atom stereocenters. The lowest BCUT2D eigenvalue weighted by atomic mass is 9.98. The third-order valence-electron chi connectivity index (χ3n) is 4.34. The lowest BCUT2D eigenvalue weighted by Crippen LogP contribution is -2.20. The predicted octanol–water partition coefficient (Wildman–Crippen LogP) is 3.91. The quantitative estimate of drug-likeness (QED) is 0.610. The monoisotopic (exact) mass is 433 g/mol. The average molecular weight is 433 g/mol. The van der Waals surface area contributed by atoms with Gasteiger partial charge in [-0.05, 0) is 47.5 Å². The third-order valence-corrected chi connectivity index (χ3v) is 5.46. The minimum Gasteiger partial charge on any atom is -0.480 e. The van der Waals surface area contributed by atoms with Gasteiger partial charge in [0.25, 0.3) is 0 Å². The molecule has 0 amide bonds. The second-order valence-electron chi connectivity index (χ2n) is 6.54. The highest BCUT2D eigenvalue weighted by molar-refractivity contribution is 7.90. The summed E-state index contributed by atoms with van der Waals surface area (Å²) in [6.45, 7) is 0. The highest BCUT2D eigenvalue weighted by atomic mass is 32.2. The van der Waals surface area contributed by atoms with Gasteiger partial charge in [-0.1, -0.05) is 18.2 Å². The number of sulfone groups is 1. The van der Waals surface area contributed by atoms with Crippen LogP contribution in [0.1, 0.15) is 11.6 Å². The Labute approximate surface area is 171 Å². The molecule has 0 fully saturated rings. The Morgan fingerprint density at radius 2 is 1.63 bits per heavy atom. The zero-order valence-corrected chi connectivity index (χ0v) is 16.5. The Morgan fingerprint density at radius 1 is 1.00 bits per heavy atom. The molecule has 30 heavy (non-hydrogen) atoms. The van der Waals surface area contributed by atoms with Crippen LogP contribution in [0.3, 0.4) is 0 Å². The smallest absolute Gasteiger partial charge is 0.325 e. The van der Waals surface area contributed by atoms with E-state index in [0.29, 0.717) is 17.2 Å². The van der Waals surface area contributed by atoms with Gasteiger partial charge >= 0.3 is 5.97 Å². The molecule has 6 nitrogen and oxygen atoms in total. The normalized spacial score (nSPS) is 12.4. The molecule has 0 heterocycles. The molecule has 3 aromatic rings. The number of carbonyl (C=O) groups is 1. The van der Waals surface area contributed by atoms with Crippen molar-refractivity contribution in [3.8, 4) is 22.6 Å². The molecule has 0 spiro atoms. The number of hydrogen-bond acceptors (Lipinski definition) is 5. The van der Waals surface area contributed by atoms with E-state index in [1.807, 2.05) is 0 Å². The van der Waals surface area contributed by atoms with Crippen LogP contribution in [0, 0.1) is 11.6 Å². The first kappa shape index (κ1) is 21.4. The second-order valence-corrected chi connectivity index (χ2v) is 8.56. The Bertz CT molecular complexity index is 1210. The Balaban J connectivity index is 2.11. The summed E-state index contributed by atoms with van der Waals surface area (Å²) in [5.41, 5.74) is 6.79. The van der Waals surface area contributed by atoms with Gasteiger partial charge < -0.3 is 15.6 Å². The maximum absolute atomic E-state index is 14.0. The number of ether oxygens (including phenoxy) is 1. The molecular weight excluding hydrogens is 416 g/mol. The molecule has 3 N–H and O–H groups in total. The van der Waals surface area contributed by atoms with Crippen molar-refractivity contribution in [2.75, 3.05) is 6.26 Å². The van der Waals surface area contributed by atoms with Crippen LogP contribution in [0.25, 0.3) is 11.1 Å². The first-order valence-electron chi connectivity index (χ1n) is 8.62. The van der Waals surface area contributed by atoms with Crippen molar-refractivity contribution < 1.29 is 31.8 Å². The zero-order chi connectivity index (χ0) is 22.1. The average Bonchev–Trinajstić information content (AvgIpc) is 2.69. The van der Waals surface area contributed by atoms with Gasteiger partial charge in [0.15, 0.2) is 21.4 Å². The first-order valence-corrected chi connectivity index (χ1v) is 10.5. The third kappa shape index (κ3) is 4.64. The SMILES string of the molecule is CS(=O)(=O)c1ccc(-c2cc(C(N)C(=O)O)ccc2Oc2ccc(F)cc2F)cc1. The standard InChI is InChI=1S/C21H17F2NO5S/c1-30(27,28)15-6-2-12(3-7-15)16-10-13(20(24)21(25)26)4-8-18(16)29-19-9-5-14(22)11-17(19)23/h2-11,20H,24H2,1H3,(H,25,26). The molecule has 0 aromatic heterocycles. The Kier molecular flexibility index (Phi) is 5.86. The summed E-state index contributed by atoms with van der Waals surface area (Å²) in [4.78, 5) is 11.3. The number of carboxylic acids is 1. The number of halogens is 2. The van der Waals surface area contributed by atoms with E-state index in [0.717, 1.165) is 18.4 Å². The van der Waals surface area contributed by atoms with Gasteiger partial charge in [0.2, 0.25) is 0 Å². The van der Waals surface area contributed by atoms with Crippen molar-refractivity contribution >= 4 is 15.8 Å². The number of carboxylic acid groups (broad SMARTS) is 1. The van der Waals surface area contributed by atoms with E-state index in [4.69, 9.17) is 10.5 Å². The summed E-state index contributed by atoms with van der Waals surface area (Å²) in [5.74, 6) is -3.01. The molecule has 156 valence electrons. The summed E-state index contributed by atoms with van der Waals surface area (Å²) < 4.78 is 56.2.